The molecule has 0 aliphatic carbocycles. The van der Waals surface area contributed by atoms with Crippen molar-refractivity contribution in [3.63, 3.8) is 0 Å². The van der Waals surface area contributed by atoms with E-state index in [1.54, 1.807) is 7.05 Å². The summed E-state index contributed by atoms with van der Waals surface area (Å²) in [6.07, 6.45) is 2.99. The molecule has 4 atom stereocenters. The Morgan fingerprint density at radius 2 is 1.48 bits per heavy atom. The maximum atomic E-state index is 13.6. The molecule has 6 heteroatoms. The molecule has 1 aromatic rings. The molecule has 0 radical (unpaired) electrons. The number of rotatable bonds is 18. The molecule has 0 aliphatic rings. The first-order chi connectivity index (χ1) is 19.7. The summed E-state index contributed by atoms with van der Waals surface area (Å²) < 4.78 is 12.9. The molecule has 232 valence electrons. The lowest BCUT2D eigenvalue weighted by Crippen LogP contribution is -2.44. The Balaban J connectivity index is 3.39. The highest BCUT2D eigenvalue weighted by Gasteiger charge is 2.32. The molecule has 0 spiro atoms. The van der Waals surface area contributed by atoms with E-state index < -0.39 is 6.10 Å². The number of nitrogens with zero attached hydrogens (tertiary/aromatic N) is 2. The number of carbonyl (C=O) groups excluding carboxylic acids is 2. The second-order valence-electron chi connectivity index (χ2n) is 12.0. The van der Waals surface area contributed by atoms with E-state index in [0.717, 1.165) is 29.9 Å². The second-order valence-corrected chi connectivity index (χ2v) is 12.0. The van der Waals surface area contributed by atoms with Gasteiger partial charge in [-0.1, -0.05) is 95.6 Å². The summed E-state index contributed by atoms with van der Waals surface area (Å²) in [6, 6.07) is 9.47. The minimum Gasteiger partial charge on any atom is -0.481 e. The molecular weight excluding hydrogens is 524 g/mol. The Labute approximate surface area is 255 Å². The van der Waals surface area contributed by atoms with Crippen LogP contribution in [0.5, 0.6) is 0 Å². The van der Waals surface area contributed by atoms with Crippen molar-refractivity contribution < 1.29 is 19.1 Å². The number of carbonyl (C=O) groups is 2. The predicted molar refractivity (Wildman–Crippen MR) is 173 cm³/mol. The molecule has 0 bridgehead atoms. The fraction of sp³-hybridized carbons (Fsp3) is 0.556. The summed E-state index contributed by atoms with van der Waals surface area (Å²) in [5, 5.41) is 0. The van der Waals surface area contributed by atoms with Crippen molar-refractivity contribution in [2.45, 2.75) is 92.9 Å². The van der Waals surface area contributed by atoms with Gasteiger partial charge in [0, 0.05) is 26.4 Å². The summed E-state index contributed by atoms with van der Waals surface area (Å²) in [7, 11) is 3.63. The minimum absolute atomic E-state index is 0.0158. The van der Waals surface area contributed by atoms with E-state index in [4.69, 9.17) is 9.47 Å². The maximum Gasteiger partial charge on any atom is 0.264 e. The number of amides is 1. The lowest BCUT2D eigenvalue weighted by atomic mass is 9.97. The standard InChI is InChI=1S/C36H54N2O4/c1-13-31(29(10)41-33(14-2)27(8)21-25(4)5)38(12)32(22-26(6)7)34(15-3)42-35(23-30-19-17-16-18-20-30)36(40)37(11)24-28(9)39/h13,16-20,25-27,29,32,35H,2-3,21-24H2,1,4-12H3/b31-13-/t27-,29+,32-,35+/m0/s1. The van der Waals surface area contributed by atoms with Gasteiger partial charge in [-0.15, -0.1) is 0 Å². The smallest absolute Gasteiger partial charge is 0.264 e. The van der Waals surface area contributed by atoms with Gasteiger partial charge < -0.3 is 19.3 Å². The van der Waals surface area contributed by atoms with Gasteiger partial charge in [-0.2, -0.15) is 0 Å². The highest BCUT2D eigenvalue weighted by atomic mass is 16.5. The normalized spacial score (nSPS) is 14.2. The van der Waals surface area contributed by atoms with E-state index in [1.165, 1.54) is 11.8 Å². The Kier molecular flexibility index (Phi) is 15.8. The average Bonchev–Trinajstić information content (AvgIpc) is 2.92. The molecule has 0 unspecified atom stereocenters. The lowest BCUT2D eigenvalue weighted by Gasteiger charge is -2.37. The zero-order valence-corrected chi connectivity index (χ0v) is 27.7. The number of benzene rings is 1. The van der Waals surface area contributed by atoms with Crippen LogP contribution in [0.1, 0.15) is 73.8 Å². The Morgan fingerprint density at radius 3 is 1.95 bits per heavy atom. The van der Waals surface area contributed by atoms with Gasteiger partial charge in [-0.05, 0) is 51.0 Å². The van der Waals surface area contributed by atoms with Gasteiger partial charge in [0.1, 0.15) is 17.6 Å². The topological polar surface area (TPSA) is 59.1 Å². The Hall–Kier alpha value is -3.46. The minimum atomic E-state index is -0.848. The zero-order chi connectivity index (χ0) is 32.0. The number of ether oxygens (including phenoxy) is 2. The SMILES string of the molecule is C=C=C(O[C@H](C)/C(=C/C)N(C)[C@@H](CC(C)C)C(=C=C)O[C@H](Cc1ccccc1)C(=O)N(C)CC(C)=O)[C@@H](C)CC(C)C. The monoisotopic (exact) mass is 578 g/mol. The van der Waals surface area contributed by atoms with E-state index in [0.29, 0.717) is 24.0 Å². The highest BCUT2D eigenvalue weighted by molar-refractivity contribution is 5.87. The molecule has 0 saturated heterocycles. The third-order valence-electron chi connectivity index (χ3n) is 7.15. The van der Waals surface area contributed by atoms with Crippen molar-refractivity contribution in [2.75, 3.05) is 20.6 Å². The van der Waals surface area contributed by atoms with E-state index in [1.807, 2.05) is 57.3 Å². The molecule has 1 amide bonds. The van der Waals surface area contributed by atoms with Gasteiger partial charge in [0.2, 0.25) is 0 Å². The third kappa shape index (κ3) is 11.8. The number of ketones is 1. The predicted octanol–water partition coefficient (Wildman–Crippen LogP) is 7.34. The molecule has 0 heterocycles. The van der Waals surface area contributed by atoms with E-state index >= 15 is 0 Å². The van der Waals surface area contributed by atoms with Gasteiger partial charge >= 0.3 is 0 Å². The van der Waals surface area contributed by atoms with Gasteiger partial charge in [-0.25, -0.2) is 0 Å². The van der Waals surface area contributed by atoms with Crippen molar-refractivity contribution in [3.8, 4) is 0 Å². The number of likely N-dealkylation sites (N-methyl/N-ethyl adjacent to an activating group) is 2. The van der Waals surface area contributed by atoms with Crippen LogP contribution in [0.15, 0.2) is 78.2 Å². The molecule has 0 saturated carbocycles. The Bertz CT molecular complexity index is 1140. The van der Waals surface area contributed by atoms with Crippen molar-refractivity contribution in [1.29, 1.82) is 0 Å². The van der Waals surface area contributed by atoms with E-state index in [-0.39, 0.29) is 36.3 Å². The average molecular weight is 579 g/mol. The van der Waals surface area contributed by atoms with Gasteiger partial charge in [0.15, 0.2) is 11.9 Å². The van der Waals surface area contributed by atoms with Crippen LogP contribution < -0.4 is 0 Å². The first-order valence-corrected chi connectivity index (χ1v) is 15.1. The fourth-order valence-electron chi connectivity index (χ4n) is 5.25. The molecule has 0 aliphatic heterocycles. The van der Waals surface area contributed by atoms with Crippen molar-refractivity contribution >= 4 is 11.7 Å². The highest BCUT2D eigenvalue weighted by Crippen LogP contribution is 2.29. The molecule has 0 fully saturated rings. The summed E-state index contributed by atoms with van der Waals surface area (Å²) in [5.41, 5.74) is 7.95. The van der Waals surface area contributed by atoms with Gasteiger partial charge in [0.05, 0.1) is 18.3 Å². The van der Waals surface area contributed by atoms with Crippen molar-refractivity contribution in [2.24, 2.45) is 17.8 Å². The number of Topliss-reactive ketones (excluding diaryl/α,β-unsaturated/α-hetero) is 1. The van der Waals surface area contributed by atoms with Crippen LogP contribution in [0.2, 0.25) is 0 Å². The van der Waals surface area contributed by atoms with Gasteiger partial charge in [0.25, 0.3) is 5.91 Å². The molecule has 1 rings (SSSR count). The molecule has 6 nitrogen and oxygen atoms in total. The van der Waals surface area contributed by atoms with Crippen LogP contribution in [0, 0.1) is 17.8 Å². The fourth-order valence-corrected chi connectivity index (χ4v) is 5.25. The van der Waals surface area contributed by atoms with Crippen LogP contribution >= 0.6 is 0 Å². The number of hydrogen-bond acceptors (Lipinski definition) is 5. The van der Waals surface area contributed by atoms with Crippen molar-refractivity contribution in [3.05, 3.63) is 83.8 Å². The summed E-state index contributed by atoms with van der Waals surface area (Å²) in [6.45, 7) is 24.2. The molecule has 42 heavy (non-hydrogen) atoms. The van der Waals surface area contributed by atoms with Crippen LogP contribution in [0.3, 0.4) is 0 Å². The molecular formula is C36H54N2O4. The maximum absolute atomic E-state index is 13.6. The van der Waals surface area contributed by atoms with E-state index in [2.05, 4.69) is 64.1 Å². The lowest BCUT2D eigenvalue weighted by molar-refractivity contribution is -0.142. The van der Waals surface area contributed by atoms with Crippen LogP contribution in [-0.2, 0) is 25.5 Å². The largest absolute Gasteiger partial charge is 0.481 e. The van der Waals surface area contributed by atoms with Crippen LogP contribution in [-0.4, -0.2) is 60.4 Å². The Morgan fingerprint density at radius 1 is 0.905 bits per heavy atom. The van der Waals surface area contributed by atoms with Crippen LogP contribution in [0.25, 0.3) is 0 Å². The third-order valence-corrected chi connectivity index (χ3v) is 7.15. The molecule has 1 aromatic carbocycles. The number of hydrogen-bond donors (Lipinski definition) is 0. The van der Waals surface area contributed by atoms with Gasteiger partial charge in [-0.3, -0.25) is 9.59 Å². The summed E-state index contributed by atoms with van der Waals surface area (Å²) >= 11 is 0. The van der Waals surface area contributed by atoms with Crippen LogP contribution in [0.4, 0.5) is 0 Å². The summed E-state index contributed by atoms with van der Waals surface area (Å²) in [5.74, 6) is 1.91. The van der Waals surface area contributed by atoms with E-state index in [9.17, 15) is 9.59 Å². The quantitative estimate of drug-likeness (QED) is 0.135. The molecule has 0 N–H and O–H groups in total. The first kappa shape index (κ1) is 36.6. The first-order valence-electron chi connectivity index (χ1n) is 15.1. The number of allylic oxidation sites excluding steroid dienone is 2. The molecule has 0 aromatic heterocycles. The zero-order valence-electron chi connectivity index (χ0n) is 27.7. The van der Waals surface area contributed by atoms with Crippen molar-refractivity contribution in [1.82, 2.24) is 9.80 Å². The summed E-state index contributed by atoms with van der Waals surface area (Å²) in [4.78, 5) is 28.9. The second kappa shape index (κ2) is 18.2.